The minimum Gasteiger partial charge on any atom is -0.481 e. The number of carbonyl (C=O) groups is 2. The van der Waals surface area contributed by atoms with Gasteiger partial charge in [0.2, 0.25) is 5.91 Å². The Labute approximate surface area is 191 Å². The number of halogens is 1. The van der Waals surface area contributed by atoms with E-state index in [-0.39, 0.29) is 24.1 Å². The van der Waals surface area contributed by atoms with E-state index in [2.05, 4.69) is 22.4 Å². The Morgan fingerprint density at radius 1 is 1.28 bits per heavy atom. The molecule has 1 fully saturated rings. The van der Waals surface area contributed by atoms with Gasteiger partial charge in [0.15, 0.2) is 0 Å². The third-order valence-corrected chi connectivity index (χ3v) is 6.13. The van der Waals surface area contributed by atoms with Crippen LogP contribution in [0.5, 0.6) is 0 Å². The molecule has 0 aliphatic carbocycles. The minimum atomic E-state index is -0.853. The summed E-state index contributed by atoms with van der Waals surface area (Å²) in [5, 5.41) is 17.2. The Morgan fingerprint density at radius 3 is 2.75 bits per heavy atom. The molecular weight excluding hydrogens is 431 g/mol. The Morgan fingerprint density at radius 2 is 2.06 bits per heavy atom. The molecule has 2 aliphatic heterocycles. The van der Waals surface area contributed by atoms with E-state index in [4.69, 9.17) is 10.2 Å². The molecular formula is C23H29FN4O3S. The molecule has 1 amide bonds. The fourth-order valence-electron chi connectivity index (χ4n) is 3.78. The SMILES string of the molecule is NSc1ccc(F)cc1.O=C(O)CCN1CC(CCCc2ccc3c(n2)NCCC3)C1=O. The lowest BCUT2D eigenvalue weighted by atomic mass is 9.92. The van der Waals surface area contributed by atoms with E-state index in [0.717, 1.165) is 67.0 Å². The number of amides is 1. The van der Waals surface area contributed by atoms with Crippen LogP contribution in [0.3, 0.4) is 0 Å². The third kappa shape index (κ3) is 6.93. The maximum Gasteiger partial charge on any atom is 0.305 e. The number of pyridine rings is 1. The lowest BCUT2D eigenvalue weighted by Gasteiger charge is -2.38. The highest BCUT2D eigenvalue weighted by atomic mass is 32.2. The van der Waals surface area contributed by atoms with Gasteiger partial charge in [0, 0.05) is 30.2 Å². The number of aryl methyl sites for hydroxylation is 2. The van der Waals surface area contributed by atoms with Gasteiger partial charge < -0.3 is 15.3 Å². The number of nitrogens with two attached hydrogens (primary N) is 1. The fourth-order valence-corrected chi connectivity index (χ4v) is 4.07. The molecule has 0 bridgehead atoms. The number of aliphatic carboxylic acids is 1. The van der Waals surface area contributed by atoms with E-state index in [1.54, 1.807) is 17.0 Å². The van der Waals surface area contributed by atoms with Crippen molar-refractivity contribution in [3.63, 3.8) is 0 Å². The van der Waals surface area contributed by atoms with Crippen LogP contribution in [-0.4, -0.2) is 46.5 Å². The summed E-state index contributed by atoms with van der Waals surface area (Å²) in [6.07, 6.45) is 4.97. The number of carbonyl (C=O) groups excluding carboxylic acids is 1. The van der Waals surface area contributed by atoms with Gasteiger partial charge in [-0.15, -0.1) is 0 Å². The molecule has 4 N–H and O–H groups in total. The molecule has 0 spiro atoms. The van der Waals surface area contributed by atoms with Crippen molar-refractivity contribution in [2.24, 2.45) is 11.1 Å². The second-order valence-electron chi connectivity index (χ2n) is 7.93. The average Bonchev–Trinajstić information content (AvgIpc) is 2.80. The number of fused-ring (bicyclic) bond motifs is 1. The summed E-state index contributed by atoms with van der Waals surface area (Å²) in [5.41, 5.74) is 2.37. The summed E-state index contributed by atoms with van der Waals surface area (Å²) in [7, 11) is 0. The van der Waals surface area contributed by atoms with Crippen LogP contribution in [0, 0.1) is 11.7 Å². The van der Waals surface area contributed by atoms with Crippen molar-refractivity contribution in [2.45, 2.75) is 43.4 Å². The second-order valence-corrected chi connectivity index (χ2v) is 8.64. The van der Waals surface area contributed by atoms with Gasteiger partial charge in [0.1, 0.15) is 11.6 Å². The molecule has 2 aromatic rings. The molecule has 9 heteroatoms. The number of hydrogen-bond acceptors (Lipinski definition) is 6. The zero-order valence-corrected chi connectivity index (χ0v) is 18.7. The van der Waals surface area contributed by atoms with Crippen molar-refractivity contribution in [1.82, 2.24) is 9.88 Å². The molecule has 1 atom stereocenters. The molecule has 7 nitrogen and oxygen atoms in total. The summed E-state index contributed by atoms with van der Waals surface area (Å²) in [6.45, 7) is 2.03. The second kappa shape index (κ2) is 11.8. The van der Waals surface area contributed by atoms with Crippen molar-refractivity contribution < 1.29 is 19.1 Å². The monoisotopic (exact) mass is 460 g/mol. The van der Waals surface area contributed by atoms with Crippen molar-refractivity contribution in [3.8, 4) is 0 Å². The van der Waals surface area contributed by atoms with Crippen molar-refractivity contribution in [2.75, 3.05) is 25.0 Å². The van der Waals surface area contributed by atoms with E-state index in [1.165, 1.54) is 17.7 Å². The number of aromatic nitrogens is 1. The number of benzene rings is 1. The number of β-lactam (4-membered cyclic amide) rings is 1. The Kier molecular flexibility index (Phi) is 8.87. The van der Waals surface area contributed by atoms with Gasteiger partial charge in [-0.1, -0.05) is 6.07 Å². The standard InChI is InChI=1S/C17H23N3O3.C6H6FNS/c21-15(22)8-10-20-11-13(17(20)23)3-1-5-14-7-6-12-4-2-9-18-16(12)19-14;7-5-1-3-6(9-8)4-2-5/h6-7,13H,1-5,8-11H2,(H,18,19)(H,21,22);1-4H,8H2. The van der Waals surface area contributed by atoms with Crippen LogP contribution in [0.1, 0.15) is 36.9 Å². The number of rotatable bonds is 8. The lowest BCUT2D eigenvalue weighted by Crippen LogP contribution is -2.52. The van der Waals surface area contributed by atoms with Crippen LogP contribution < -0.4 is 10.5 Å². The van der Waals surface area contributed by atoms with Gasteiger partial charge in [-0.05, 0) is 79.9 Å². The number of anilines is 1. The van der Waals surface area contributed by atoms with Crippen molar-refractivity contribution in [1.29, 1.82) is 0 Å². The predicted octanol–water partition coefficient (Wildman–Crippen LogP) is 3.49. The molecule has 32 heavy (non-hydrogen) atoms. The van der Waals surface area contributed by atoms with Crippen LogP contribution in [0.2, 0.25) is 0 Å². The summed E-state index contributed by atoms with van der Waals surface area (Å²) in [6, 6.07) is 10.3. The van der Waals surface area contributed by atoms with Crippen LogP contribution in [0.15, 0.2) is 41.3 Å². The van der Waals surface area contributed by atoms with E-state index in [9.17, 15) is 14.0 Å². The highest BCUT2D eigenvalue weighted by Gasteiger charge is 2.35. The molecule has 0 saturated carbocycles. The Balaban J connectivity index is 0.000000269. The molecule has 3 heterocycles. The summed E-state index contributed by atoms with van der Waals surface area (Å²) < 4.78 is 12.2. The van der Waals surface area contributed by atoms with Gasteiger partial charge in [0.05, 0.1) is 12.3 Å². The first-order chi connectivity index (χ1) is 15.5. The number of hydrogen-bond donors (Lipinski definition) is 3. The van der Waals surface area contributed by atoms with Gasteiger partial charge in [-0.25, -0.2) is 9.37 Å². The van der Waals surface area contributed by atoms with Crippen molar-refractivity contribution in [3.05, 3.63) is 53.5 Å². The quantitative estimate of drug-likeness (QED) is 0.409. The van der Waals surface area contributed by atoms with Crippen LogP contribution in [-0.2, 0) is 22.4 Å². The van der Waals surface area contributed by atoms with Gasteiger partial charge in [-0.3, -0.25) is 14.7 Å². The number of likely N-dealkylation sites (tertiary alicyclic amines) is 1. The van der Waals surface area contributed by atoms with Gasteiger partial charge in [0.25, 0.3) is 0 Å². The zero-order valence-electron chi connectivity index (χ0n) is 17.9. The summed E-state index contributed by atoms with van der Waals surface area (Å²) in [5.74, 6) is 0.111. The Bertz CT molecular complexity index is 926. The first kappa shape index (κ1) is 24.0. The summed E-state index contributed by atoms with van der Waals surface area (Å²) >= 11 is 1.11. The zero-order chi connectivity index (χ0) is 22.9. The maximum absolute atomic E-state index is 12.2. The van der Waals surface area contributed by atoms with Gasteiger partial charge in [-0.2, -0.15) is 0 Å². The van der Waals surface area contributed by atoms with E-state index < -0.39 is 5.97 Å². The van der Waals surface area contributed by atoms with Gasteiger partial charge >= 0.3 is 5.97 Å². The molecule has 1 unspecified atom stereocenters. The van der Waals surface area contributed by atoms with Crippen molar-refractivity contribution >= 4 is 29.6 Å². The summed E-state index contributed by atoms with van der Waals surface area (Å²) in [4.78, 5) is 29.6. The topological polar surface area (TPSA) is 109 Å². The molecule has 2 aliphatic rings. The highest BCUT2D eigenvalue weighted by molar-refractivity contribution is 7.97. The number of nitrogens with zero attached hydrogens (tertiary/aromatic N) is 2. The van der Waals surface area contributed by atoms with E-state index >= 15 is 0 Å². The van der Waals surface area contributed by atoms with E-state index in [1.807, 2.05) is 0 Å². The molecule has 0 radical (unpaired) electrons. The molecule has 1 saturated heterocycles. The van der Waals surface area contributed by atoms with E-state index in [0.29, 0.717) is 13.1 Å². The first-order valence-electron chi connectivity index (χ1n) is 10.8. The largest absolute Gasteiger partial charge is 0.481 e. The Hall–Kier alpha value is -2.65. The number of carboxylic acid groups (broad SMARTS) is 1. The first-order valence-corrected chi connectivity index (χ1v) is 11.7. The number of nitrogens with one attached hydrogen (secondary N) is 1. The molecule has 4 rings (SSSR count). The minimum absolute atomic E-state index is 0.0322. The lowest BCUT2D eigenvalue weighted by molar-refractivity contribution is -0.149. The molecule has 1 aromatic carbocycles. The third-order valence-electron chi connectivity index (χ3n) is 5.58. The maximum atomic E-state index is 12.2. The predicted molar refractivity (Wildman–Crippen MR) is 123 cm³/mol. The number of carboxylic acids is 1. The average molecular weight is 461 g/mol. The fraction of sp³-hybridized carbons (Fsp3) is 0.435. The highest BCUT2D eigenvalue weighted by Crippen LogP contribution is 2.24. The molecule has 172 valence electrons. The van der Waals surface area contributed by atoms with Crippen LogP contribution in [0.4, 0.5) is 10.2 Å². The normalized spacial score (nSPS) is 16.9. The van der Waals surface area contributed by atoms with Crippen LogP contribution in [0.25, 0.3) is 0 Å². The van der Waals surface area contributed by atoms with Crippen LogP contribution >= 0.6 is 11.9 Å². The smallest absolute Gasteiger partial charge is 0.305 e. The molecule has 1 aromatic heterocycles.